The van der Waals surface area contributed by atoms with Gasteiger partial charge in [-0.05, 0) is 39.0 Å². The monoisotopic (exact) mass is 238 g/mol. The van der Waals surface area contributed by atoms with Crippen LogP contribution in [0.25, 0.3) is 0 Å². The topological polar surface area (TPSA) is 44.7 Å². The molecule has 0 aliphatic heterocycles. The molecule has 2 unspecified atom stereocenters. The van der Waals surface area contributed by atoms with Gasteiger partial charge in [0.2, 0.25) is 0 Å². The summed E-state index contributed by atoms with van der Waals surface area (Å²) in [6, 6.07) is 7.94. The number of nitrogens with zero attached hydrogens (tertiary/aromatic N) is 1. The summed E-state index contributed by atoms with van der Waals surface area (Å²) in [6.07, 6.45) is -0.526. The van der Waals surface area contributed by atoms with E-state index in [2.05, 4.69) is 5.32 Å². The van der Waals surface area contributed by atoms with Gasteiger partial charge in [-0.2, -0.15) is 0 Å². The van der Waals surface area contributed by atoms with E-state index in [0.717, 1.165) is 17.9 Å². The van der Waals surface area contributed by atoms with Crippen LogP contribution in [0.1, 0.15) is 20.8 Å². The lowest BCUT2D eigenvalue weighted by Crippen LogP contribution is -2.32. The molecule has 0 heterocycles. The number of nitrogens with one attached hydrogen (secondary N) is 1. The molecule has 2 N–H and O–H groups in total. The Bertz CT molecular complexity index is 342. The molecule has 4 heteroatoms. The SMILES string of the molecule is CCN(c1cccc(NC(C)OC)c1)C(C)O. The second-order valence-electron chi connectivity index (χ2n) is 3.99. The fourth-order valence-corrected chi connectivity index (χ4v) is 1.73. The second kappa shape index (κ2) is 6.47. The number of aliphatic hydroxyl groups excluding tert-OH is 1. The van der Waals surface area contributed by atoms with Crippen LogP contribution in [0.3, 0.4) is 0 Å². The molecule has 2 atom stereocenters. The molecule has 0 aliphatic rings. The largest absolute Gasteiger partial charge is 0.374 e. The van der Waals surface area contributed by atoms with Crippen LogP contribution in [0.5, 0.6) is 0 Å². The predicted molar refractivity (Wildman–Crippen MR) is 71.2 cm³/mol. The van der Waals surface area contributed by atoms with Crippen molar-refractivity contribution in [1.29, 1.82) is 0 Å². The van der Waals surface area contributed by atoms with Gasteiger partial charge in [-0.15, -0.1) is 0 Å². The number of anilines is 2. The number of hydrogen-bond donors (Lipinski definition) is 2. The maximum absolute atomic E-state index is 9.67. The summed E-state index contributed by atoms with van der Waals surface area (Å²) in [6.45, 7) is 6.49. The molecule has 0 aromatic heterocycles. The first-order valence-electron chi connectivity index (χ1n) is 5.92. The van der Waals surface area contributed by atoms with Gasteiger partial charge in [0.05, 0.1) is 0 Å². The van der Waals surface area contributed by atoms with Gasteiger partial charge in [0.1, 0.15) is 12.5 Å². The van der Waals surface area contributed by atoms with Crippen molar-refractivity contribution in [3.63, 3.8) is 0 Å². The number of aliphatic hydroxyl groups is 1. The van der Waals surface area contributed by atoms with E-state index in [1.807, 2.05) is 43.0 Å². The van der Waals surface area contributed by atoms with Crippen LogP contribution in [0.4, 0.5) is 11.4 Å². The molecule has 1 aromatic carbocycles. The van der Waals surface area contributed by atoms with Gasteiger partial charge >= 0.3 is 0 Å². The molecule has 0 spiro atoms. The van der Waals surface area contributed by atoms with Crippen LogP contribution in [0, 0.1) is 0 Å². The van der Waals surface area contributed by atoms with Crippen molar-refractivity contribution >= 4 is 11.4 Å². The lowest BCUT2D eigenvalue weighted by atomic mass is 10.2. The predicted octanol–water partition coefficient (Wildman–Crippen LogP) is 2.26. The van der Waals surface area contributed by atoms with Crippen LogP contribution in [-0.4, -0.2) is 31.2 Å². The number of rotatable bonds is 6. The molecule has 1 aromatic rings. The summed E-state index contributed by atoms with van der Waals surface area (Å²) in [4.78, 5) is 1.92. The summed E-state index contributed by atoms with van der Waals surface area (Å²) < 4.78 is 5.15. The smallest absolute Gasteiger partial charge is 0.124 e. The molecular weight excluding hydrogens is 216 g/mol. The minimum atomic E-state index is -0.491. The molecule has 0 aliphatic carbocycles. The molecule has 1 rings (SSSR count). The number of methoxy groups -OCH3 is 1. The molecule has 17 heavy (non-hydrogen) atoms. The van der Waals surface area contributed by atoms with Crippen molar-refractivity contribution in [3.05, 3.63) is 24.3 Å². The summed E-state index contributed by atoms with van der Waals surface area (Å²) in [5.41, 5.74) is 1.98. The third-order valence-electron chi connectivity index (χ3n) is 2.69. The molecular formula is C13H22N2O2. The first kappa shape index (κ1) is 13.8. The minimum Gasteiger partial charge on any atom is -0.374 e. The van der Waals surface area contributed by atoms with Gasteiger partial charge in [-0.25, -0.2) is 0 Å². The van der Waals surface area contributed by atoms with E-state index in [4.69, 9.17) is 4.74 Å². The number of hydrogen-bond acceptors (Lipinski definition) is 4. The Morgan fingerprint density at radius 2 is 2.12 bits per heavy atom. The van der Waals surface area contributed by atoms with E-state index in [9.17, 15) is 5.11 Å². The maximum atomic E-state index is 9.67. The minimum absolute atomic E-state index is 0.0353. The Labute approximate surface area is 103 Å². The van der Waals surface area contributed by atoms with Crippen molar-refractivity contribution in [1.82, 2.24) is 0 Å². The molecule has 0 saturated heterocycles. The lowest BCUT2D eigenvalue weighted by molar-refractivity contribution is 0.141. The van der Waals surface area contributed by atoms with Gasteiger partial charge in [-0.3, -0.25) is 0 Å². The fraction of sp³-hybridized carbons (Fsp3) is 0.538. The summed E-state index contributed by atoms with van der Waals surface area (Å²) in [7, 11) is 1.66. The summed E-state index contributed by atoms with van der Waals surface area (Å²) in [5.74, 6) is 0. The molecule has 4 nitrogen and oxygen atoms in total. The Hall–Kier alpha value is -1.26. The highest BCUT2D eigenvalue weighted by molar-refractivity contribution is 5.58. The van der Waals surface area contributed by atoms with E-state index in [-0.39, 0.29) is 6.23 Å². The first-order valence-corrected chi connectivity index (χ1v) is 5.92. The zero-order chi connectivity index (χ0) is 12.8. The Kier molecular flexibility index (Phi) is 5.25. The highest BCUT2D eigenvalue weighted by atomic mass is 16.5. The normalized spacial score (nSPS) is 14.2. The molecule has 0 fully saturated rings. The second-order valence-corrected chi connectivity index (χ2v) is 3.99. The third-order valence-corrected chi connectivity index (χ3v) is 2.69. The lowest BCUT2D eigenvalue weighted by Gasteiger charge is -2.27. The third kappa shape index (κ3) is 3.91. The Morgan fingerprint density at radius 1 is 1.41 bits per heavy atom. The molecule has 0 bridgehead atoms. The van der Waals surface area contributed by atoms with Crippen molar-refractivity contribution in [2.75, 3.05) is 23.9 Å². The van der Waals surface area contributed by atoms with Crippen LogP contribution >= 0.6 is 0 Å². The van der Waals surface area contributed by atoms with E-state index >= 15 is 0 Å². The van der Waals surface area contributed by atoms with Crippen molar-refractivity contribution in [2.24, 2.45) is 0 Å². The van der Waals surface area contributed by atoms with Crippen LogP contribution in [0.15, 0.2) is 24.3 Å². The van der Waals surface area contributed by atoms with Crippen LogP contribution in [-0.2, 0) is 4.74 Å². The fourth-order valence-electron chi connectivity index (χ4n) is 1.73. The van der Waals surface area contributed by atoms with E-state index < -0.39 is 6.23 Å². The standard InChI is InChI=1S/C13H22N2O2/c1-5-15(11(3)16)13-8-6-7-12(9-13)14-10(2)17-4/h6-11,14,16H,5H2,1-4H3. The van der Waals surface area contributed by atoms with Gasteiger partial charge in [0.15, 0.2) is 0 Å². The quantitative estimate of drug-likeness (QED) is 0.746. The average molecular weight is 238 g/mol. The van der Waals surface area contributed by atoms with E-state index in [0.29, 0.717) is 0 Å². The highest BCUT2D eigenvalue weighted by Gasteiger charge is 2.10. The van der Waals surface area contributed by atoms with Gasteiger partial charge in [0, 0.05) is 25.0 Å². The van der Waals surface area contributed by atoms with Gasteiger partial charge in [-0.1, -0.05) is 6.07 Å². The highest BCUT2D eigenvalue weighted by Crippen LogP contribution is 2.21. The zero-order valence-electron chi connectivity index (χ0n) is 11.0. The van der Waals surface area contributed by atoms with Gasteiger partial charge in [0.25, 0.3) is 0 Å². The van der Waals surface area contributed by atoms with E-state index in [1.54, 1.807) is 14.0 Å². The Balaban J connectivity index is 2.84. The number of benzene rings is 1. The summed E-state index contributed by atoms with van der Waals surface area (Å²) in [5, 5.41) is 12.9. The van der Waals surface area contributed by atoms with Crippen molar-refractivity contribution in [2.45, 2.75) is 33.2 Å². The average Bonchev–Trinajstić information content (AvgIpc) is 2.30. The zero-order valence-corrected chi connectivity index (χ0v) is 11.0. The van der Waals surface area contributed by atoms with Gasteiger partial charge < -0.3 is 20.1 Å². The molecule has 0 radical (unpaired) electrons. The number of ether oxygens (including phenoxy) is 1. The molecule has 0 amide bonds. The van der Waals surface area contributed by atoms with Crippen LogP contribution in [0.2, 0.25) is 0 Å². The maximum Gasteiger partial charge on any atom is 0.124 e. The van der Waals surface area contributed by atoms with Crippen molar-refractivity contribution in [3.8, 4) is 0 Å². The van der Waals surface area contributed by atoms with E-state index in [1.165, 1.54) is 0 Å². The molecule has 0 saturated carbocycles. The van der Waals surface area contributed by atoms with Crippen molar-refractivity contribution < 1.29 is 9.84 Å². The molecule has 96 valence electrons. The first-order chi connectivity index (χ1) is 8.08. The van der Waals surface area contributed by atoms with Crippen LogP contribution < -0.4 is 10.2 Å². The summed E-state index contributed by atoms with van der Waals surface area (Å²) >= 11 is 0. The Morgan fingerprint density at radius 3 is 2.65 bits per heavy atom.